The molecule has 1 N–H and O–H groups in total. The van der Waals surface area contributed by atoms with E-state index in [2.05, 4.69) is 32.2 Å². The molecule has 19 heavy (non-hydrogen) atoms. The molecule has 1 aromatic rings. The van der Waals surface area contributed by atoms with Crippen LogP contribution in [0.5, 0.6) is 11.5 Å². The fraction of sp³-hybridized carbons (Fsp3) is 0.625. The van der Waals surface area contributed by atoms with Gasteiger partial charge in [-0.05, 0) is 24.8 Å². The minimum Gasteiger partial charge on any atom is -0.493 e. The molecule has 0 atom stereocenters. The van der Waals surface area contributed by atoms with Gasteiger partial charge in [-0.1, -0.05) is 32.9 Å². The highest BCUT2D eigenvalue weighted by Gasteiger charge is 2.15. The summed E-state index contributed by atoms with van der Waals surface area (Å²) >= 11 is 0. The van der Waals surface area contributed by atoms with Crippen molar-refractivity contribution in [2.45, 2.75) is 40.7 Å². The first-order valence-electron chi connectivity index (χ1n) is 7.03. The zero-order valence-corrected chi connectivity index (χ0v) is 12.9. The van der Waals surface area contributed by atoms with Crippen LogP contribution in [0.25, 0.3) is 0 Å². The van der Waals surface area contributed by atoms with Gasteiger partial charge in [0.25, 0.3) is 0 Å². The molecule has 0 heterocycles. The number of para-hydroxylation sites is 1. The zero-order chi connectivity index (χ0) is 14.3. The van der Waals surface area contributed by atoms with Gasteiger partial charge in [0, 0.05) is 18.7 Å². The number of hydrogen-bond acceptors (Lipinski definition) is 3. The summed E-state index contributed by atoms with van der Waals surface area (Å²) in [6.07, 6.45) is 1.16. The van der Waals surface area contributed by atoms with Crippen molar-refractivity contribution in [3.05, 3.63) is 23.8 Å². The highest BCUT2D eigenvalue weighted by Crippen LogP contribution is 2.31. The van der Waals surface area contributed by atoms with Gasteiger partial charge < -0.3 is 14.8 Å². The Morgan fingerprint density at radius 2 is 1.95 bits per heavy atom. The predicted octanol–water partition coefficient (Wildman–Crippen LogP) is 3.62. The molecule has 1 rings (SSSR count). The van der Waals surface area contributed by atoms with Gasteiger partial charge in [0.1, 0.15) is 0 Å². The van der Waals surface area contributed by atoms with Crippen LogP contribution < -0.4 is 14.8 Å². The summed E-state index contributed by atoms with van der Waals surface area (Å²) in [4.78, 5) is 0. The van der Waals surface area contributed by atoms with E-state index in [0.29, 0.717) is 12.0 Å². The van der Waals surface area contributed by atoms with Crippen molar-refractivity contribution in [2.75, 3.05) is 20.3 Å². The lowest BCUT2D eigenvalue weighted by molar-refractivity contribution is 0.305. The van der Waals surface area contributed by atoms with Crippen LogP contribution in [0.3, 0.4) is 0 Å². The van der Waals surface area contributed by atoms with Crippen LogP contribution >= 0.6 is 0 Å². The van der Waals surface area contributed by atoms with Gasteiger partial charge >= 0.3 is 0 Å². The standard InChI is InChI=1S/C16H27NO2/c1-6-16(3,4)12-17-11-13-9-8-10-14(19-7-2)15(13)18-5/h8-10,17H,6-7,11-12H2,1-5H3. The summed E-state index contributed by atoms with van der Waals surface area (Å²) in [6.45, 7) is 11.2. The van der Waals surface area contributed by atoms with Gasteiger partial charge in [-0.3, -0.25) is 0 Å². The first-order valence-corrected chi connectivity index (χ1v) is 7.03. The first kappa shape index (κ1) is 15.8. The molecular formula is C16H27NO2. The van der Waals surface area contributed by atoms with Crippen molar-refractivity contribution in [3.63, 3.8) is 0 Å². The van der Waals surface area contributed by atoms with Crippen LogP contribution in [0.2, 0.25) is 0 Å². The topological polar surface area (TPSA) is 30.5 Å². The summed E-state index contributed by atoms with van der Waals surface area (Å²) in [5, 5.41) is 3.50. The molecule has 0 aromatic heterocycles. The summed E-state index contributed by atoms with van der Waals surface area (Å²) in [5.74, 6) is 1.66. The largest absolute Gasteiger partial charge is 0.493 e. The summed E-state index contributed by atoms with van der Waals surface area (Å²) < 4.78 is 11.1. The molecule has 0 spiro atoms. The number of methoxy groups -OCH3 is 1. The molecule has 0 aliphatic heterocycles. The average Bonchev–Trinajstić information content (AvgIpc) is 2.39. The van der Waals surface area contributed by atoms with E-state index in [9.17, 15) is 0 Å². The third-order valence-electron chi connectivity index (χ3n) is 3.44. The van der Waals surface area contributed by atoms with Crippen molar-refractivity contribution in [1.29, 1.82) is 0 Å². The Morgan fingerprint density at radius 3 is 2.53 bits per heavy atom. The highest BCUT2D eigenvalue weighted by atomic mass is 16.5. The highest BCUT2D eigenvalue weighted by molar-refractivity contribution is 5.46. The molecule has 0 radical (unpaired) electrons. The Hall–Kier alpha value is -1.22. The lowest BCUT2D eigenvalue weighted by Crippen LogP contribution is -2.28. The van der Waals surface area contributed by atoms with Gasteiger partial charge in [-0.2, -0.15) is 0 Å². The number of ether oxygens (including phenoxy) is 2. The molecule has 0 unspecified atom stereocenters. The lowest BCUT2D eigenvalue weighted by atomic mass is 9.90. The zero-order valence-electron chi connectivity index (χ0n) is 12.9. The monoisotopic (exact) mass is 265 g/mol. The van der Waals surface area contributed by atoms with Crippen LogP contribution in [0.4, 0.5) is 0 Å². The maximum atomic E-state index is 5.58. The van der Waals surface area contributed by atoms with Crippen LogP contribution in [-0.2, 0) is 6.54 Å². The van der Waals surface area contributed by atoms with E-state index in [0.717, 1.165) is 36.6 Å². The first-order chi connectivity index (χ1) is 9.04. The number of nitrogens with one attached hydrogen (secondary N) is 1. The minimum absolute atomic E-state index is 0.324. The quantitative estimate of drug-likeness (QED) is 0.778. The molecule has 0 aliphatic carbocycles. The van der Waals surface area contributed by atoms with E-state index in [-0.39, 0.29) is 0 Å². The molecule has 1 aromatic carbocycles. The Kier molecular flexibility index (Phi) is 6.16. The summed E-state index contributed by atoms with van der Waals surface area (Å²) in [7, 11) is 1.69. The smallest absolute Gasteiger partial charge is 0.165 e. The maximum absolute atomic E-state index is 5.58. The Balaban J connectivity index is 2.70. The molecule has 108 valence electrons. The van der Waals surface area contributed by atoms with Gasteiger partial charge in [-0.15, -0.1) is 0 Å². The van der Waals surface area contributed by atoms with E-state index < -0.39 is 0 Å². The lowest BCUT2D eigenvalue weighted by Gasteiger charge is -2.23. The maximum Gasteiger partial charge on any atom is 0.165 e. The average molecular weight is 265 g/mol. The van der Waals surface area contributed by atoms with Gasteiger partial charge in [0.05, 0.1) is 13.7 Å². The third-order valence-corrected chi connectivity index (χ3v) is 3.44. The molecule has 0 bridgehead atoms. The second kappa shape index (κ2) is 7.39. The fourth-order valence-corrected chi connectivity index (χ4v) is 1.86. The van der Waals surface area contributed by atoms with Gasteiger partial charge in [0.15, 0.2) is 11.5 Å². The van der Waals surface area contributed by atoms with Crippen LogP contribution in [0, 0.1) is 5.41 Å². The van der Waals surface area contributed by atoms with Gasteiger partial charge in [-0.25, -0.2) is 0 Å². The number of rotatable bonds is 8. The van der Waals surface area contributed by atoms with Crippen molar-refractivity contribution in [1.82, 2.24) is 5.32 Å². The summed E-state index contributed by atoms with van der Waals surface area (Å²) in [5.41, 5.74) is 1.46. The molecule has 0 aliphatic rings. The van der Waals surface area contributed by atoms with Crippen molar-refractivity contribution in [3.8, 4) is 11.5 Å². The van der Waals surface area contributed by atoms with E-state index in [4.69, 9.17) is 9.47 Å². The van der Waals surface area contributed by atoms with Crippen molar-refractivity contribution in [2.24, 2.45) is 5.41 Å². The molecule has 0 fully saturated rings. The van der Waals surface area contributed by atoms with Crippen molar-refractivity contribution >= 4 is 0 Å². The van der Waals surface area contributed by atoms with E-state index in [1.165, 1.54) is 0 Å². The second-order valence-electron chi connectivity index (χ2n) is 5.50. The van der Waals surface area contributed by atoms with Crippen LogP contribution in [-0.4, -0.2) is 20.3 Å². The van der Waals surface area contributed by atoms with Crippen molar-refractivity contribution < 1.29 is 9.47 Å². The predicted molar refractivity (Wildman–Crippen MR) is 79.9 cm³/mol. The number of hydrogen-bond donors (Lipinski definition) is 1. The summed E-state index contributed by atoms with van der Waals surface area (Å²) in [6, 6.07) is 6.03. The second-order valence-corrected chi connectivity index (χ2v) is 5.50. The third kappa shape index (κ3) is 4.75. The van der Waals surface area contributed by atoms with Crippen LogP contribution in [0.15, 0.2) is 18.2 Å². The molecule has 3 heteroatoms. The van der Waals surface area contributed by atoms with Gasteiger partial charge in [0.2, 0.25) is 0 Å². The molecule has 0 saturated heterocycles. The van der Waals surface area contributed by atoms with E-state index in [1.54, 1.807) is 7.11 Å². The SMILES string of the molecule is CCOc1cccc(CNCC(C)(C)CC)c1OC. The normalized spacial score (nSPS) is 11.4. The molecule has 0 amide bonds. The fourth-order valence-electron chi connectivity index (χ4n) is 1.86. The minimum atomic E-state index is 0.324. The number of benzene rings is 1. The van der Waals surface area contributed by atoms with Crippen LogP contribution in [0.1, 0.15) is 39.7 Å². The Bertz CT molecular complexity index is 388. The molecule has 0 saturated carbocycles. The molecule has 3 nitrogen and oxygen atoms in total. The van der Waals surface area contributed by atoms with E-state index in [1.807, 2.05) is 19.1 Å². The Labute approximate surface area is 117 Å². The Morgan fingerprint density at radius 1 is 1.21 bits per heavy atom. The molecular weight excluding hydrogens is 238 g/mol. The van der Waals surface area contributed by atoms with E-state index >= 15 is 0 Å².